The first-order valence-electron chi connectivity index (χ1n) is 5.84. The van der Waals surface area contributed by atoms with E-state index in [-0.39, 0.29) is 6.10 Å². The van der Waals surface area contributed by atoms with Gasteiger partial charge in [0.05, 0.1) is 6.10 Å². The molecule has 2 rings (SSSR count). The number of anilines is 1. The van der Waals surface area contributed by atoms with Crippen LogP contribution in [0.2, 0.25) is 0 Å². The summed E-state index contributed by atoms with van der Waals surface area (Å²) in [7, 11) is 0. The average molecular weight is 227 g/mol. The topological polar surface area (TPSA) is 32.3 Å². The SMILES string of the molecule is C[C@H](O)CNc1ccccc1-c1ccccc1. The van der Waals surface area contributed by atoms with Crippen LogP contribution in [0.1, 0.15) is 6.92 Å². The minimum atomic E-state index is -0.348. The largest absolute Gasteiger partial charge is 0.392 e. The number of hydrogen-bond donors (Lipinski definition) is 2. The van der Waals surface area contributed by atoms with Crippen LogP contribution < -0.4 is 5.32 Å². The van der Waals surface area contributed by atoms with Crippen molar-refractivity contribution < 1.29 is 5.11 Å². The molecule has 2 aromatic carbocycles. The maximum absolute atomic E-state index is 9.31. The van der Waals surface area contributed by atoms with Crippen LogP contribution in [0.15, 0.2) is 54.6 Å². The molecule has 2 heteroatoms. The molecule has 0 aliphatic rings. The Morgan fingerprint density at radius 3 is 2.35 bits per heavy atom. The van der Waals surface area contributed by atoms with Gasteiger partial charge >= 0.3 is 0 Å². The van der Waals surface area contributed by atoms with Crippen LogP contribution in [0.4, 0.5) is 5.69 Å². The van der Waals surface area contributed by atoms with Crippen molar-refractivity contribution in [3.05, 3.63) is 54.6 Å². The van der Waals surface area contributed by atoms with Crippen LogP contribution in [0.25, 0.3) is 11.1 Å². The van der Waals surface area contributed by atoms with Crippen molar-refractivity contribution in [2.24, 2.45) is 0 Å². The fraction of sp³-hybridized carbons (Fsp3) is 0.200. The molecule has 2 N–H and O–H groups in total. The zero-order valence-corrected chi connectivity index (χ0v) is 9.93. The van der Waals surface area contributed by atoms with Gasteiger partial charge in [0, 0.05) is 17.8 Å². The summed E-state index contributed by atoms with van der Waals surface area (Å²) in [5.74, 6) is 0. The Morgan fingerprint density at radius 2 is 1.65 bits per heavy atom. The molecule has 0 fully saturated rings. The summed E-state index contributed by atoms with van der Waals surface area (Å²) in [6.45, 7) is 2.34. The molecule has 0 aliphatic heterocycles. The first-order chi connectivity index (χ1) is 8.27. The molecule has 2 nitrogen and oxygen atoms in total. The van der Waals surface area contributed by atoms with Gasteiger partial charge < -0.3 is 10.4 Å². The molecule has 1 atom stereocenters. The number of para-hydroxylation sites is 1. The summed E-state index contributed by atoms with van der Waals surface area (Å²) in [6, 6.07) is 18.4. The lowest BCUT2D eigenvalue weighted by Gasteiger charge is -2.13. The number of nitrogens with one attached hydrogen (secondary N) is 1. The zero-order chi connectivity index (χ0) is 12.1. The minimum absolute atomic E-state index is 0.348. The quantitative estimate of drug-likeness (QED) is 0.841. The first kappa shape index (κ1) is 11.7. The van der Waals surface area contributed by atoms with E-state index >= 15 is 0 Å². The molecule has 0 heterocycles. The van der Waals surface area contributed by atoms with Gasteiger partial charge in [-0.15, -0.1) is 0 Å². The normalized spacial score (nSPS) is 12.1. The van der Waals surface area contributed by atoms with E-state index < -0.39 is 0 Å². The molecule has 2 aromatic rings. The smallest absolute Gasteiger partial charge is 0.0684 e. The third-order valence-corrected chi connectivity index (χ3v) is 2.60. The van der Waals surface area contributed by atoms with E-state index in [0.717, 1.165) is 11.3 Å². The summed E-state index contributed by atoms with van der Waals surface area (Å²) < 4.78 is 0. The van der Waals surface area contributed by atoms with Crippen molar-refractivity contribution in [2.75, 3.05) is 11.9 Å². The molecule has 88 valence electrons. The fourth-order valence-corrected chi connectivity index (χ4v) is 1.76. The van der Waals surface area contributed by atoms with Gasteiger partial charge in [0.1, 0.15) is 0 Å². The summed E-state index contributed by atoms with van der Waals surface area (Å²) in [5, 5.41) is 12.6. The highest BCUT2D eigenvalue weighted by Crippen LogP contribution is 2.27. The van der Waals surface area contributed by atoms with Crippen molar-refractivity contribution in [1.82, 2.24) is 0 Å². The molecule has 0 unspecified atom stereocenters. The summed E-state index contributed by atoms with van der Waals surface area (Å²) in [4.78, 5) is 0. The van der Waals surface area contributed by atoms with E-state index in [1.807, 2.05) is 36.4 Å². The highest BCUT2D eigenvalue weighted by atomic mass is 16.3. The van der Waals surface area contributed by atoms with Crippen molar-refractivity contribution >= 4 is 5.69 Å². The molecule has 0 aromatic heterocycles. The Kier molecular flexibility index (Phi) is 3.78. The van der Waals surface area contributed by atoms with Gasteiger partial charge in [0.2, 0.25) is 0 Å². The fourth-order valence-electron chi connectivity index (χ4n) is 1.76. The van der Waals surface area contributed by atoms with Gasteiger partial charge in [-0.3, -0.25) is 0 Å². The number of aliphatic hydroxyl groups excluding tert-OH is 1. The lowest BCUT2D eigenvalue weighted by molar-refractivity contribution is 0.208. The highest BCUT2D eigenvalue weighted by molar-refractivity contribution is 5.77. The van der Waals surface area contributed by atoms with Crippen molar-refractivity contribution in [1.29, 1.82) is 0 Å². The second kappa shape index (κ2) is 5.51. The lowest BCUT2D eigenvalue weighted by Crippen LogP contribution is -2.15. The van der Waals surface area contributed by atoms with Gasteiger partial charge in [0.25, 0.3) is 0 Å². The predicted octanol–water partition coefficient (Wildman–Crippen LogP) is 3.15. The highest BCUT2D eigenvalue weighted by Gasteiger charge is 2.04. The monoisotopic (exact) mass is 227 g/mol. The Bertz CT molecular complexity index is 465. The summed E-state index contributed by atoms with van der Waals surface area (Å²) >= 11 is 0. The minimum Gasteiger partial charge on any atom is -0.392 e. The molecular weight excluding hydrogens is 210 g/mol. The molecule has 0 saturated heterocycles. The Morgan fingerprint density at radius 1 is 1.00 bits per heavy atom. The second-order valence-electron chi connectivity index (χ2n) is 4.14. The molecule has 0 saturated carbocycles. The molecule has 0 aliphatic carbocycles. The Balaban J connectivity index is 2.28. The average Bonchev–Trinajstić information content (AvgIpc) is 2.38. The van der Waals surface area contributed by atoms with E-state index in [1.54, 1.807) is 6.92 Å². The van der Waals surface area contributed by atoms with Gasteiger partial charge in [0.15, 0.2) is 0 Å². The van der Waals surface area contributed by atoms with Crippen molar-refractivity contribution in [3.63, 3.8) is 0 Å². The molecule has 0 spiro atoms. The van der Waals surface area contributed by atoms with E-state index in [4.69, 9.17) is 0 Å². The number of benzene rings is 2. The van der Waals surface area contributed by atoms with Crippen LogP contribution in [0.5, 0.6) is 0 Å². The van der Waals surface area contributed by atoms with Crippen molar-refractivity contribution in [2.45, 2.75) is 13.0 Å². The maximum atomic E-state index is 9.31. The zero-order valence-electron chi connectivity index (χ0n) is 9.93. The molecule has 0 bridgehead atoms. The summed E-state index contributed by atoms with van der Waals surface area (Å²) in [6.07, 6.45) is -0.348. The van der Waals surface area contributed by atoms with Gasteiger partial charge in [-0.25, -0.2) is 0 Å². The van der Waals surface area contributed by atoms with E-state index in [9.17, 15) is 5.11 Å². The van der Waals surface area contributed by atoms with Crippen LogP contribution >= 0.6 is 0 Å². The van der Waals surface area contributed by atoms with Gasteiger partial charge in [-0.2, -0.15) is 0 Å². The van der Waals surface area contributed by atoms with E-state index in [1.165, 1.54) is 5.56 Å². The molecule has 0 amide bonds. The lowest BCUT2D eigenvalue weighted by atomic mass is 10.0. The number of rotatable bonds is 4. The Hall–Kier alpha value is -1.80. The third kappa shape index (κ3) is 3.08. The number of hydrogen-bond acceptors (Lipinski definition) is 2. The molecule has 0 radical (unpaired) electrons. The molecular formula is C15H17NO. The Labute approximate surface area is 102 Å². The second-order valence-corrected chi connectivity index (χ2v) is 4.14. The van der Waals surface area contributed by atoms with E-state index in [2.05, 4.69) is 23.5 Å². The van der Waals surface area contributed by atoms with E-state index in [0.29, 0.717) is 6.54 Å². The molecule has 17 heavy (non-hydrogen) atoms. The summed E-state index contributed by atoms with van der Waals surface area (Å²) in [5.41, 5.74) is 3.40. The van der Waals surface area contributed by atoms with Crippen LogP contribution in [0.3, 0.4) is 0 Å². The van der Waals surface area contributed by atoms with Crippen LogP contribution in [0, 0.1) is 0 Å². The van der Waals surface area contributed by atoms with Gasteiger partial charge in [-0.1, -0.05) is 48.5 Å². The van der Waals surface area contributed by atoms with Gasteiger partial charge in [-0.05, 0) is 18.6 Å². The van der Waals surface area contributed by atoms with Crippen LogP contribution in [-0.2, 0) is 0 Å². The standard InChI is InChI=1S/C15H17NO/c1-12(17)11-16-15-10-6-5-9-14(15)13-7-3-2-4-8-13/h2-10,12,16-17H,11H2,1H3/t12-/m0/s1. The van der Waals surface area contributed by atoms with Crippen molar-refractivity contribution in [3.8, 4) is 11.1 Å². The number of aliphatic hydroxyl groups is 1. The predicted molar refractivity (Wildman–Crippen MR) is 72.0 cm³/mol. The van der Waals surface area contributed by atoms with Crippen LogP contribution in [-0.4, -0.2) is 17.8 Å². The first-order valence-corrected chi connectivity index (χ1v) is 5.84. The third-order valence-electron chi connectivity index (χ3n) is 2.60. The maximum Gasteiger partial charge on any atom is 0.0684 e.